The summed E-state index contributed by atoms with van der Waals surface area (Å²) in [5.74, 6) is 0.813. The van der Waals surface area contributed by atoms with Gasteiger partial charge in [-0.05, 0) is 31.2 Å². The van der Waals surface area contributed by atoms with E-state index in [1.807, 2.05) is 42.5 Å². The van der Waals surface area contributed by atoms with Gasteiger partial charge in [-0.25, -0.2) is 5.01 Å². The van der Waals surface area contributed by atoms with Gasteiger partial charge in [-0.2, -0.15) is 5.10 Å². The van der Waals surface area contributed by atoms with E-state index in [1.54, 1.807) is 36.5 Å². The maximum Gasteiger partial charge on any atom is 0.171 e. The molecule has 2 aromatic carbocycles. The van der Waals surface area contributed by atoms with E-state index in [1.165, 1.54) is 5.56 Å². The van der Waals surface area contributed by atoms with Gasteiger partial charge in [-0.3, -0.25) is 0 Å². The zero-order chi connectivity index (χ0) is 16.9. The Morgan fingerprint density at radius 1 is 0.958 bits per heavy atom. The molecule has 0 saturated heterocycles. The van der Waals surface area contributed by atoms with Gasteiger partial charge in [-0.15, -0.1) is 10.2 Å². The highest BCUT2D eigenvalue weighted by atomic mass is 16.3. The number of aryl methyl sites for hydroxylation is 1. The Labute approximate surface area is 140 Å². The molecule has 3 rings (SSSR count). The molecule has 0 aliphatic carbocycles. The molecule has 120 valence electrons. The number of benzene rings is 2. The van der Waals surface area contributed by atoms with Crippen molar-refractivity contribution in [2.45, 2.75) is 6.92 Å². The Bertz CT molecular complexity index is 842. The van der Waals surface area contributed by atoms with Crippen molar-refractivity contribution in [1.29, 1.82) is 0 Å². The molecular weight excluding hydrogens is 300 g/mol. The third-order valence-electron chi connectivity index (χ3n) is 3.64. The van der Waals surface area contributed by atoms with Gasteiger partial charge in [0.1, 0.15) is 5.75 Å². The first-order chi connectivity index (χ1) is 11.6. The van der Waals surface area contributed by atoms with Gasteiger partial charge in [-0.1, -0.05) is 42.0 Å². The van der Waals surface area contributed by atoms with E-state index in [2.05, 4.69) is 22.2 Å². The molecule has 0 spiro atoms. The van der Waals surface area contributed by atoms with Gasteiger partial charge in [0.05, 0.1) is 11.9 Å². The van der Waals surface area contributed by atoms with Crippen molar-refractivity contribution in [2.24, 2.45) is 5.10 Å². The lowest BCUT2D eigenvalue weighted by atomic mass is 10.1. The largest absolute Gasteiger partial charge is 0.507 e. The summed E-state index contributed by atoms with van der Waals surface area (Å²) in [5, 5.41) is 24.1. The maximum atomic E-state index is 9.74. The van der Waals surface area contributed by atoms with Crippen LogP contribution in [0.4, 0.5) is 5.82 Å². The van der Waals surface area contributed by atoms with Crippen LogP contribution in [-0.2, 0) is 0 Å². The number of anilines is 1. The molecule has 1 heterocycles. The molecule has 24 heavy (non-hydrogen) atoms. The Hall–Kier alpha value is -3.21. The first kappa shape index (κ1) is 15.7. The Morgan fingerprint density at radius 3 is 2.38 bits per heavy atom. The highest BCUT2D eigenvalue weighted by Gasteiger charge is 2.04. The van der Waals surface area contributed by atoms with Gasteiger partial charge < -0.3 is 5.11 Å². The summed E-state index contributed by atoms with van der Waals surface area (Å²) < 4.78 is 0. The molecule has 0 amide bonds. The predicted molar refractivity (Wildman–Crippen MR) is 96.3 cm³/mol. The van der Waals surface area contributed by atoms with Gasteiger partial charge in [0, 0.05) is 18.2 Å². The summed E-state index contributed by atoms with van der Waals surface area (Å²) in [6, 6.07) is 19.0. The van der Waals surface area contributed by atoms with Crippen LogP contribution in [-0.4, -0.2) is 28.6 Å². The van der Waals surface area contributed by atoms with E-state index in [0.717, 1.165) is 11.3 Å². The molecule has 0 saturated carbocycles. The van der Waals surface area contributed by atoms with E-state index in [0.29, 0.717) is 11.4 Å². The minimum atomic E-state index is 0.190. The summed E-state index contributed by atoms with van der Waals surface area (Å²) in [6.45, 7) is 2.05. The van der Waals surface area contributed by atoms with Crippen LogP contribution in [0, 0.1) is 6.92 Å². The zero-order valence-electron chi connectivity index (χ0n) is 13.6. The number of nitrogens with zero attached hydrogens (tertiary/aromatic N) is 4. The number of rotatable bonds is 4. The maximum absolute atomic E-state index is 9.74. The SMILES string of the molecule is Cc1ccc(-c2ccc(N(C)/N=C/c3ccccc3O)nn2)cc1. The second kappa shape index (κ2) is 6.91. The number of phenolic OH excluding ortho intramolecular Hbond substituents is 1. The molecule has 0 aliphatic heterocycles. The van der Waals surface area contributed by atoms with Crippen LogP contribution in [0.25, 0.3) is 11.3 Å². The summed E-state index contributed by atoms with van der Waals surface area (Å²) in [5.41, 5.74) is 3.70. The van der Waals surface area contributed by atoms with Gasteiger partial charge in [0.2, 0.25) is 0 Å². The third-order valence-corrected chi connectivity index (χ3v) is 3.64. The van der Waals surface area contributed by atoms with Gasteiger partial charge in [0.15, 0.2) is 5.82 Å². The second-order valence-corrected chi connectivity index (χ2v) is 5.47. The second-order valence-electron chi connectivity index (χ2n) is 5.47. The average molecular weight is 318 g/mol. The van der Waals surface area contributed by atoms with Crippen LogP contribution < -0.4 is 5.01 Å². The lowest BCUT2D eigenvalue weighted by Crippen LogP contribution is -2.11. The van der Waals surface area contributed by atoms with E-state index in [-0.39, 0.29) is 5.75 Å². The molecule has 0 radical (unpaired) electrons. The van der Waals surface area contributed by atoms with Crippen molar-refractivity contribution in [3.05, 3.63) is 71.8 Å². The van der Waals surface area contributed by atoms with Gasteiger partial charge >= 0.3 is 0 Å². The number of aromatic hydroxyl groups is 1. The summed E-state index contributed by atoms with van der Waals surface area (Å²) in [7, 11) is 1.78. The van der Waals surface area contributed by atoms with Crippen LogP contribution in [0.3, 0.4) is 0 Å². The number of hydrogen-bond donors (Lipinski definition) is 1. The standard InChI is InChI=1S/C19H18N4O/c1-14-7-9-15(10-8-14)17-11-12-19(22-21-17)23(2)20-13-16-5-3-4-6-18(16)24/h3-13,24H,1-2H3/b20-13+. The van der Waals surface area contributed by atoms with Crippen LogP contribution in [0.5, 0.6) is 5.75 Å². The average Bonchev–Trinajstić information content (AvgIpc) is 2.62. The first-order valence-electron chi connectivity index (χ1n) is 7.60. The van der Waals surface area contributed by atoms with Crippen molar-refractivity contribution in [3.8, 4) is 17.0 Å². The quantitative estimate of drug-likeness (QED) is 0.589. The molecule has 5 heteroatoms. The summed E-state index contributed by atoms with van der Waals surface area (Å²) in [4.78, 5) is 0. The fraction of sp³-hybridized carbons (Fsp3) is 0.105. The number of phenols is 1. The van der Waals surface area contributed by atoms with Crippen molar-refractivity contribution in [2.75, 3.05) is 12.1 Å². The van der Waals surface area contributed by atoms with E-state index >= 15 is 0 Å². The van der Waals surface area contributed by atoms with Gasteiger partial charge in [0.25, 0.3) is 0 Å². The molecule has 0 aliphatic rings. The minimum absolute atomic E-state index is 0.190. The molecule has 1 aromatic heterocycles. The number of aromatic nitrogens is 2. The van der Waals surface area contributed by atoms with Crippen molar-refractivity contribution < 1.29 is 5.11 Å². The topological polar surface area (TPSA) is 61.6 Å². The predicted octanol–water partition coefficient (Wildman–Crippen LogP) is 3.63. The monoisotopic (exact) mass is 318 g/mol. The zero-order valence-corrected chi connectivity index (χ0v) is 13.6. The van der Waals surface area contributed by atoms with Crippen LogP contribution in [0.1, 0.15) is 11.1 Å². The highest BCUT2D eigenvalue weighted by molar-refractivity contribution is 5.83. The van der Waals surface area contributed by atoms with Crippen molar-refractivity contribution in [3.63, 3.8) is 0 Å². The van der Waals surface area contributed by atoms with Crippen LogP contribution in [0.15, 0.2) is 65.8 Å². The van der Waals surface area contributed by atoms with Crippen LogP contribution >= 0.6 is 0 Å². The lowest BCUT2D eigenvalue weighted by molar-refractivity contribution is 0.474. The third kappa shape index (κ3) is 3.57. The highest BCUT2D eigenvalue weighted by Crippen LogP contribution is 2.19. The van der Waals surface area contributed by atoms with Crippen molar-refractivity contribution >= 4 is 12.0 Å². The fourth-order valence-electron chi connectivity index (χ4n) is 2.18. The van der Waals surface area contributed by atoms with Crippen LogP contribution in [0.2, 0.25) is 0 Å². The normalized spacial score (nSPS) is 10.9. The summed E-state index contributed by atoms with van der Waals surface area (Å²) >= 11 is 0. The molecule has 3 aromatic rings. The molecule has 0 bridgehead atoms. The molecule has 5 nitrogen and oxygen atoms in total. The fourth-order valence-corrected chi connectivity index (χ4v) is 2.18. The Morgan fingerprint density at radius 2 is 1.71 bits per heavy atom. The lowest BCUT2D eigenvalue weighted by Gasteiger charge is -2.11. The Balaban J connectivity index is 1.75. The van der Waals surface area contributed by atoms with E-state index in [4.69, 9.17) is 0 Å². The molecule has 1 N–H and O–H groups in total. The molecule has 0 atom stereocenters. The number of para-hydroxylation sites is 1. The summed E-state index contributed by atoms with van der Waals surface area (Å²) in [6.07, 6.45) is 1.59. The molecule has 0 fully saturated rings. The number of hydrazone groups is 1. The van der Waals surface area contributed by atoms with E-state index < -0.39 is 0 Å². The van der Waals surface area contributed by atoms with Crippen molar-refractivity contribution in [1.82, 2.24) is 10.2 Å². The molecular formula is C19H18N4O. The Kier molecular flexibility index (Phi) is 4.52. The minimum Gasteiger partial charge on any atom is -0.507 e. The molecule has 0 unspecified atom stereocenters. The first-order valence-corrected chi connectivity index (χ1v) is 7.60. The van der Waals surface area contributed by atoms with E-state index in [9.17, 15) is 5.11 Å². The number of hydrogen-bond acceptors (Lipinski definition) is 5. The smallest absolute Gasteiger partial charge is 0.171 e.